The first kappa shape index (κ1) is 21.2. The van der Waals surface area contributed by atoms with Crippen LogP contribution in [-0.4, -0.2) is 73.4 Å². The first-order valence-corrected chi connectivity index (χ1v) is 9.48. The standard InChI is InChI=1S/C19H25ClN4O3/c1-27-19(26)14-23-9-6-17(7-10-23)24(11-8-20)13-18(25)22-16-4-2-15(12-21)3-5-16/h2-5,17H,6-11,13-14H2,1H3,(H,22,25). The molecule has 0 radical (unpaired) electrons. The van der Waals surface area contributed by atoms with Crippen molar-refractivity contribution in [2.45, 2.75) is 18.9 Å². The van der Waals surface area contributed by atoms with Gasteiger partial charge in [-0.1, -0.05) is 0 Å². The monoisotopic (exact) mass is 392 g/mol. The van der Waals surface area contributed by atoms with E-state index < -0.39 is 0 Å². The summed E-state index contributed by atoms with van der Waals surface area (Å²) in [5.74, 6) is 0.113. The molecule has 1 amide bonds. The number of ether oxygens (including phenoxy) is 1. The van der Waals surface area contributed by atoms with E-state index in [4.69, 9.17) is 21.6 Å². The number of rotatable bonds is 8. The third-order valence-electron chi connectivity index (χ3n) is 4.67. The third-order valence-corrected chi connectivity index (χ3v) is 4.84. The molecule has 27 heavy (non-hydrogen) atoms. The molecule has 0 aromatic heterocycles. The van der Waals surface area contributed by atoms with Gasteiger partial charge >= 0.3 is 5.97 Å². The Hall–Kier alpha value is -2.14. The lowest BCUT2D eigenvalue weighted by Crippen LogP contribution is -2.49. The number of piperidine rings is 1. The molecule has 1 aromatic rings. The molecule has 0 aliphatic carbocycles. The van der Waals surface area contributed by atoms with Gasteiger partial charge in [-0.05, 0) is 37.1 Å². The van der Waals surface area contributed by atoms with Crippen molar-refractivity contribution in [1.29, 1.82) is 5.26 Å². The lowest BCUT2D eigenvalue weighted by Gasteiger charge is -2.37. The maximum atomic E-state index is 12.4. The number of alkyl halides is 1. The van der Waals surface area contributed by atoms with E-state index in [1.165, 1.54) is 7.11 Å². The van der Waals surface area contributed by atoms with Crippen LogP contribution in [0, 0.1) is 11.3 Å². The number of nitrogens with zero attached hydrogens (tertiary/aromatic N) is 3. The van der Waals surface area contributed by atoms with Crippen LogP contribution >= 0.6 is 11.6 Å². The normalized spacial score (nSPS) is 15.3. The molecule has 1 N–H and O–H groups in total. The van der Waals surface area contributed by atoms with Crippen LogP contribution in [-0.2, 0) is 14.3 Å². The summed E-state index contributed by atoms with van der Waals surface area (Å²) in [6, 6.07) is 9.08. The van der Waals surface area contributed by atoms with E-state index >= 15 is 0 Å². The number of esters is 1. The minimum atomic E-state index is -0.229. The van der Waals surface area contributed by atoms with Crippen molar-refractivity contribution in [2.24, 2.45) is 0 Å². The molecule has 1 saturated heterocycles. The highest BCUT2D eigenvalue weighted by Gasteiger charge is 2.26. The summed E-state index contributed by atoms with van der Waals surface area (Å²) in [6.07, 6.45) is 1.75. The maximum Gasteiger partial charge on any atom is 0.319 e. The molecule has 8 heteroatoms. The van der Waals surface area contributed by atoms with Crippen LogP contribution in [0.25, 0.3) is 0 Å². The molecule has 7 nitrogen and oxygen atoms in total. The Balaban J connectivity index is 1.86. The van der Waals surface area contributed by atoms with Crippen molar-refractivity contribution in [1.82, 2.24) is 9.80 Å². The fraction of sp³-hybridized carbons (Fsp3) is 0.526. The van der Waals surface area contributed by atoms with Gasteiger partial charge in [0.05, 0.1) is 31.8 Å². The predicted molar refractivity (Wildman–Crippen MR) is 104 cm³/mol. The molecule has 0 atom stereocenters. The zero-order valence-corrected chi connectivity index (χ0v) is 16.2. The van der Waals surface area contributed by atoms with Gasteiger partial charge in [0.2, 0.25) is 5.91 Å². The highest BCUT2D eigenvalue weighted by Crippen LogP contribution is 2.17. The van der Waals surface area contributed by atoms with Gasteiger partial charge in [0.1, 0.15) is 0 Å². The Morgan fingerprint density at radius 1 is 1.33 bits per heavy atom. The zero-order valence-electron chi connectivity index (χ0n) is 15.5. The number of anilines is 1. The van der Waals surface area contributed by atoms with Gasteiger partial charge in [0, 0.05) is 37.2 Å². The Morgan fingerprint density at radius 3 is 2.56 bits per heavy atom. The van der Waals surface area contributed by atoms with Gasteiger partial charge in [0.25, 0.3) is 0 Å². The van der Waals surface area contributed by atoms with Crippen LogP contribution in [0.2, 0.25) is 0 Å². The molecule has 1 fully saturated rings. The molecular formula is C19H25ClN4O3. The summed E-state index contributed by atoms with van der Waals surface area (Å²) in [4.78, 5) is 28.0. The number of likely N-dealkylation sites (tertiary alicyclic amines) is 1. The number of methoxy groups -OCH3 is 1. The van der Waals surface area contributed by atoms with Crippen molar-refractivity contribution >= 4 is 29.2 Å². The zero-order chi connectivity index (χ0) is 19.6. The molecule has 1 aliphatic heterocycles. The minimum Gasteiger partial charge on any atom is -0.468 e. The molecule has 1 heterocycles. The summed E-state index contributed by atoms with van der Waals surface area (Å²) in [6.45, 7) is 2.77. The van der Waals surface area contributed by atoms with E-state index in [9.17, 15) is 9.59 Å². The molecule has 2 rings (SSSR count). The number of nitriles is 1. The fourth-order valence-corrected chi connectivity index (χ4v) is 3.42. The second-order valence-electron chi connectivity index (χ2n) is 6.48. The van der Waals surface area contributed by atoms with Crippen molar-refractivity contribution in [3.63, 3.8) is 0 Å². The van der Waals surface area contributed by atoms with Gasteiger partial charge in [-0.15, -0.1) is 11.6 Å². The van der Waals surface area contributed by atoms with Crippen LogP contribution in [0.5, 0.6) is 0 Å². The molecule has 1 aromatic carbocycles. The summed E-state index contributed by atoms with van der Waals surface area (Å²) in [7, 11) is 1.39. The molecule has 0 spiro atoms. The van der Waals surface area contributed by atoms with E-state index in [-0.39, 0.29) is 24.5 Å². The topological polar surface area (TPSA) is 85.7 Å². The Kier molecular flexibility index (Phi) is 8.52. The van der Waals surface area contributed by atoms with E-state index in [1.54, 1.807) is 24.3 Å². The minimum absolute atomic E-state index is 0.109. The lowest BCUT2D eigenvalue weighted by atomic mass is 10.0. The van der Waals surface area contributed by atoms with E-state index in [1.807, 2.05) is 6.07 Å². The Labute approximate surface area is 164 Å². The SMILES string of the molecule is COC(=O)CN1CCC(N(CCCl)CC(=O)Nc2ccc(C#N)cc2)CC1. The third kappa shape index (κ3) is 6.83. The van der Waals surface area contributed by atoms with Crippen molar-refractivity contribution in [3.8, 4) is 6.07 Å². The van der Waals surface area contributed by atoms with E-state index in [2.05, 4.69) is 15.1 Å². The average Bonchev–Trinajstić information content (AvgIpc) is 2.68. The average molecular weight is 393 g/mol. The number of halogens is 1. The number of hydrogen-bond acceptors (Lipinski definition) is 6. The fourth-order valence-electron chi connectivity index (χ4n) is 3.20. The first-order chi connectivity index (χ1) is 13.0. The van der Waals surface area contributed by atoms with Crippen molar-refractivity contribution < 1.29 is 14.3 Å². The van der Waals surface area contributed by atoms with E-state index in [0.717, 1.165) is 25.9 Å². The van der Waals surface area contributed by atoms with Crippen molar-refractivity contribution in [3.05, 3.63) is 29.8 Å². The van der Waals surface area contributed by atoms with Crippen LogP contribution in [0.4, 0.5) is 5.69 Å². The number of amides is 1. The van der Waals surface area contributed by atoms with Crippen LogP contribution < -0.4 is 5.32 Å². The van der Waals surface area contributed by atoms with Crippen LogP contribution in [0.15, 0.2) is 24.3 Å². The number of hydrogen-bond donors (Lipinski definition) is 1. The second kappa shape index (κ2) is 10.9. The maximum absolute atomic E-state index is 12.4. The Bertz CT molecular complexity index is 667. The smallest absolute Gasteiger partial charge is 0.319 e. The molecule has 0 bridgehead atoms. The summed E-state index contributed by atoms with van der Waals surface area (Å²) in [5, 5.41) is 11.7. The number of carbonyl (C=O) groups excluding carboxylic acids is 2. The summed E-state index contributed by atoms with van der Waals surface area (Å²) < 4.78 is 4.71. The van der Waals surface area contributed by atoms with Gasteiger partial charge in [-0.2, -0.15) is 5.26 Å². The summed E-state index contributed by atoms with van der Waals surface area (Å²) >= 11 is 5.93. The predicted octanol–water partition coefficient (Wildman–Crippen LogP) is 1.67. The molecule has 146 valence electrons. The number of benzene rings is 1. The first-order valence-electron chi connectivity index (χ1n) is 8.95. The number of nitrogens with one attached hydrogen (secondary N) is 1. The van der Waals surface area contributed by atoms with Gasteiger partial charge in [-0.3, -0.25) is 19.4 Å². The summed E-state index contributed by atoms with van der Waals surface area (Å²) in [5.41, 5.74) is 1.22. The lowest BCUT2D eigenvalue weighted by molar-refractivity contribution is -0.142. The number of carbonyl (C=O) groups is 2. The Morgan fingerprint density at radius 2 is 2.00 bits per heavy atom. The quantitative estimate of drug-likeness (QED) is 0.535. The van der Waals surface area contributed by atoms with Gasteiger partial charge in [-0.25, -0.2) is 0 Å². The van der Waals surface area contributed by atoms with Gasteiger partial charge in [0.15, 0.2) is 0 Å². The van der Waals surface area contributed by atoms with E-state index in [0.29, 0.717) is 30.2 Å². The molecule has 1 aliphatic rings. The highest BCUT2D eigenvalue weighted by molar-refractivity contribution is 6.18. The highest BCUT2D eigenvalue weighted by atomic mass is 35.5. The van der Waals surface area contributed by atoms with Gasteiger partial charge < -0.3 is 10.1 Å². The second-order valence-corrected chi connectivity index (χ2v) is 6.86. The molecular weight excluding hydrogens is 368 g/mol. The largest absolute Gasteiger partial charge is 0.468 e. The van der Waals surface area contributed by atoms with Crippen LogP contribution in [0.3, 0.4) is 0 Å². The van der Waals surface area contributed by atoms with Crippen molar-refractivity contribution in [2.75, 3.05) is 51.0 Å². The molecule has 0 saturated carbocycles. The van der Waals surface area contributed by atoms with Crippen LogP contribution in [0.1, 0.15) is 18.4 Å². The molecule has 0 unspecified atom stereocenters.